The van der Waals surface area contributed by atoms with E-state index in [1.165, 1.54) is 17.7 Å². The van der Waals surface area contributed by atoms with Gasteiger partial charge in [0.2, 0.25) is 0 Å². The van der Waals surface area contributed by atoms with Crippen LogP contribution in [-0.2, 0) is 0 Å². The van der Waals surface area contributed by atoms with Crippen molar-refractivity contribution >= 4 is 17.1 Å². The second kappa shape index (κ2) is 1.91. The summed E-state index contributed by atoms with van der Waals surface area (Å²) in [7, 11) is 0. The third kappa shape index (κ3) is 1.00. The fourth-order valence-electron chi connectivity index (χ4n) is 0.788. The standard InChI is InChI=1S/C6H9S/c1-2-5-3-6(7)4-5/h5H,1-4H2. The summed E-state index contributed by atoms with van der Waals surface area (Å²) in [4.78, 5) is 1.24. The first kappa shape index (κ1) is 5.23. The molecule has 1 heteroatoms. The van der Waals surface area contributed by atoms with Gasteiger partial charge < -0.3 is 0 Å². The Morgan fingerprint density at radius 2 is 2.29 bits per heavy atom. The van der Waals surface area contributed by atoms with Gasteiger partial charge >= 0.3 is 0 Å². The van der Waals surface area contributed by atoms with Crippen molar-refractivity contribution < 1.29 is 0 Å². The van der Waals surface area contributed by atoms with Gasteiger partial charge in [-0.05, 0) is 30.0 Å². The molecule has 0 aromatic carbocycles. The van der Waals surface area contributed by atoms with E-state index in [1.807, 2.05) is 0 Å². The first-order valence-electron chi connectivity index (χ1n) is 2.64. The Morgan fingerprint density at radius 1 is 1.71 bits per heavy atom. The van der Waals surface area contributed by atoms with E-state index < -0.39 is 0 Å². The SMILES string of the molecule is [CH2]CC1CC(=S)C1. The lowest BCUT2D eigenvalue weighted by Crippen LogP contribution is -2.20. The Kier molecular flexibility index (Phi) is 1.43. The van der Waals surface area contributed by atoms with Crippen LogP contribution in [-0.4, -0.2) is 4.86 Å². The highest BCUT2D eigenvalue weighted by atomic mass is 32.1. The van der Waals surface area contributed by atoms with Gasteiger partial charge in [-0.1, -0.05) is 19.1 Å². The van der Waals surface area contributed by atoms with Gasteiger partial charge in [-0.2, -0.15) is 0 Å². The van der Waals surface area contributed by atoms with Gasteiger partial charge in [0, 0.05) is 0 Å². The van der Waals surface area contributed by atoms with Crippen molar-refractivity contribution in [2.45, 2.75) is 19.3 Å². The molecule has 0 spiro atoms. The molecule has 0 aliphatic heterocycles. The molecule has 0 unspecified atom stereocenters. The molecule has 0 aromatic rings. The third-order valence-corrected chi connectivity index (χ3v) is 1.77. The van der Waals surface area contributed by atoms with E-state index in [0.717, 1.165) is 12.3 Å². The van der Waals surface area contributed by atoms with Crippen LogP contribution in [0.3, 0.4) is 0 Å². The Morgan fingerprint density at radius 3 is 2.43 bits per heavy atom. The van der Waals surface area contributed by atoms with Crippen molar-refractivity contribution in [3.05, 3.63) is 6.92 Å². The summed E-state index contributed by atoms with van der Waals surface area (Å²) in [5.74, 6) is 0.840. The zero-order valence-electron chi connectivity index (χ0n) is 4.31. The van der Waals surface area contributed by atoms with Gasteiger partial charge in [-0.15, -0.1) is 0 Å². The molecule has 0 N–H and O–H groups in total. The summed E-state index contributed by atoms with van der Waals surface area (Å²) in [6, 6.07) is 0. The topological polar surface area (TPSA) is 0 Å². The predicted molar refractivity (Wildman–Crippen MR) is 35.3 cm³/mol. The zero-order valence-corrected chi connectivity index (χ0v) is 5.13. The maximum Gasteiger partial charge on any atom is -0.00658 e. The molecule has 0 amide bonds. The lowest BCUT2D eigenvalue weighted by Gasteiger charge is -2.24. The highest BCUT2D eigenvalue weighted by Gasteiger charge is 2.19. The van der Waals surface area contributed by atoms with Crippen LogP contribution in [0.5, 0.6) is 0 Å². The summed E-state index contributed by atoms with van der Waals surface area (Å²) in [5, 5.41) is 0. The molecule has 1 saturated carbocycles. The van der Waals surface area contributed by atoms with E-state index in [0.29, 0.717) is 0 Å². The van der Waals surface area contributed by atoms with Crippen LogP contribution >= 0.6 is 12.2 Å². The molecule has 1 aliphatic rings. The zero-order chi connectivity index (χ0) is 5.28. The summed E-state index contributed by atoms with van der Waals surface area (Å²) < 4.78 is 0. The fourth-order valence-corrected chi connectivity index (χ4v) is 1.26. The van der Waals surface area contributed by atoms with Crippen LogP contribution in [0.2, 0.25) is 0 Å². The van der Waals surface area contributed by atoms with Crippen molar-refractivity contribution in [1.82, 2.24) is 0 Å². The smallest absolute Gasteiger partial charge is 0.00658 e. The van der Waals surface area contributed by atoms with Crippen LogP contribution in [0, 0.1) is 12.8 Å². The van der Waals surface area contributed by atoms with Gasteiger partial charge in [0.1, 0.15) is 0 Å². The quantitative estimate of drug-likeness (QED) is 0.469. The normalized spacial score (nSPS) is 22.1. The lowest BCUT2D eigenvalue weighted by molar-refractivity contribution is 0.516. The molecule has 7 heavy (non-hydrogen) atoms. The first-order valence-corrected chi connectivity index (χ1v) is 3.04. The van der Waals surface area contributed by atoms with Gasteiger partial charge in [-0.3, -0.25) is 0 Å². The highest BCUT2D eigenvalue weighted by Crippen LogP contribution is 2.26. The fraction of sp³-hybridized carbons (Fsp3) is 0.667. The Balaban J connectivity index is 2.17. The molecule has 1 radical (unpaired) electrons. The minimum atomic E-state index is 0.840. The number of hydrogen-bond donors (Lipinski definition) is 0. The molecule has 1 fully saturated rings. The molecule has 1 aliphatic carbocycles. The Bertz CT molecular complexity index is 78.2. The number of rotatable bonds is 1. The highest BCUT2D eigenvalue weighted by molar-refractivity contribution is 7.80. The average molecular weight is 113 g/mol. The van der Waals surface area contributed by atoms with E-state index in [9.17, 15) is 0 Å². The molecule has 0 bridgehead atoms. The van der Waals surface area contributed by atoms with Gasteiger partial charge in [-0.25, -0.2) is 0 Å². The van der Waals surface area contributed by atoms with E-state index in [1.54, 1.807) is 0 Å². The van der Waals surface area contributed by atoms with Crippen molar-refractivity contribution in [2.24, 2.45) is 5.92 Å². The largest absolute Gasteiger partial charge is 0.0897 e. The van der Waals surface area contributed by atoms with E-state index in [2.05, 4.69) is 6.92 Å². The van der Waals surface area contributed by atoms with Gasteiger partial charge in [0.15, 0.2) is 0 Å². The molecule has 0 atom stereocenters. The summed E-state index contributed by atoms with van der Waals surface area (Å²) in [6.07, 6.45) is 3.40. The maximum absolute atomic E-state index is 4.90. The van der Waals surface area contributed by atoms with E-state index in [4.69, 9.17) is 12.2 Å². The van der Waals surface area contributed by atoms with Crippen LogP contribution < -0.4 is 0 Å². The van der Waals surface area contributed by atoms with Crippen molar-refractivity contribution in [1.29, 1.82) is 0 Å². The second-order valence-electron chi connectivity index (χ2n) is 2.10. The summed E-state index contributed by atoms with van der Waals surface area (Å²) >= 11 is 4.90. The van der Waals surface area contributed by atoms with E-state index in [-0.39, 0.29) is 0 Å². The Labute approximate surface area is 49.9 Å². The minimum Gasteiger partial charge on any atom is -0.0897 e. The molecule has 0 aromatic heterocycles. The molecule has 0 saturated heterocycles. The summed E-state index contributed by atoms with van der Waals surface area (Å²) in [5.41, 5.74) is 0. The number of hydrogen-bond acceptors (Lipinski definition) is 1. The predicted octanol–water partition coefficient (Wildman–Crippen LogP) is 1.99. The third-order valence-electron chi connectivity index (χ3n) is 1.44. The second-order valence-corrected chi connectivity index (χ2v) is 2.68. The average Bonchev–Trinajstić information content (AvgIpc) is 1.58. The van der Waals surface area contributed by atoms with E-state index >= 15 is 0 Å². The molecular weight excluding hydrogens is 104 g/mol. The summed E-state index contributed by atoms with van der Waals surface area (Å²) in [6.45, 7) is 3.78. The monoisotopic (exact) mass is 113 g/mol. The molecule has 0 heterocycles. The van der Waals surface area contributed by atoms with Gasteiger partial charge in [0.05, 0.1) is 0 Å². The van der Waals surface area contributed by atoms with Crippen molar-refractivity contribution in [3.8, 4) is 0 Å². The molecule has 39 valence electrons. The van der Waals surface area contributed by atoms with Crippen LogP contribution in [0.1, 0.15) is 19.3 Å². The van der Waals surface area contributed by atoms with Crippen LogP contribution in [0.25, 0.3) is 0 Å². The minimum absolute atomic E-state index is 0.840. The first-order chi connectivity index (χ1) is 3.33. The van der Waals surface area contributed by atoms with Crippen LogP contribution in [0.15, 0.2) is 0 Å². The lowest BCUT2D eigenvalue weighted by atomic mass is 9.83. The molecule has 0 nitrogen and oxygen atoms in total. The van der Waals surface area contributed by atoms with Crippen molar-refractivity contribution in [3.63, 3.8) is 0 Å². The number of thiocarbonyl (C=S) groups is 1. The maximum atomic E-state index is 4.90. The van der Waals surface area contributed by atoms with Crippen LogP contribution in [0.4, 0.5) is 0 Å². The molecule has 1 rings (SSSR count). The van der Waals surface area contributed by atoms with Gasteiger partial charge in [0.25, 0.3) is 0 Å². The van der Waals surface area contributed by atoms with Crippen molar-refractivity contribution in [2.75, 3.05) is 0 Å². The molecular formula is C6H9S. The Hall–Kier alpha value is 0.0900.